The Hall–Kier alpha value is -1.02. The van der Waals surface area contributed by atoms with Gasteiger partial charge in [-0.3, -0.25) is 0 Å². The van der Waals surface area contributed by atoms with Crippen molar-refractivity contribution in [1.29, 1.82) is 0 Å². The lowest BCUT2D eigenvalue weighted by Crippen LogP contribution is -3.03. The van der Waals surface area contributed by atoms with Gasteiger partial charge < -0.3 is 9.80 Å². The zero-order valence-corrected chi connectivity index (χ0v) is 9.67. The molecule has 0 aliphatic carbocycles. The van der Waals surface area contributed by atoms with E-state index in [0.717, 1.165) is 13.1 Å². The molecule has 0 aliphatic rings. The number of anilines is 1. The van der Waals surface area contributed by atoms with Crippen LogP contribution in [0, 0.1) is 0 Å². The molecule has 0 aliphatic heterocycles. The smallest absolute Gasteiger partial charge is 0.133 e. The number of nitrogens with zero attached hydrogens (tertiary/aromatic N) is 1. The van der Waals surface area contributed by atoms with Crippen LogP contribution in [0.1, 0.15) is 13.8 Å². The van der Waals surface area contributed by atoms with Gasteiger partial charge in [0.15, 0.2) is 0 Å². The SMILES string of the molecule is CCN(C)c1cccc([NH+](C)CC)c1. The summed E-state index contributed by atoms with van der Waals surface area (Å²) < 4.78 is 0. The molecular weight excluding hydrogens is 172 g/mol. The van der Waals surface area contributed by atoms with E-state index in [0.29, 0.717) is 0 Å². The summed E-state index contributed by atoms with van der Waals surface area (Å²) in [5.74, 6) is 0. The van der Waals surface area contributed by atoms with Crippen LogP contribution >= 0.6 is 0 Å². The molecule has 0 fully saturated rings. The minimum atomic E-state index is 1.05. The van der Waals surface area contributed by atoms with E-state index in [4.69, 9.17) is 0 Å². The summed E-state index contributed by atoms with van der Waals surface area (Å²) in [4.78, 5) is 3.71. The molecule has 0 spiro atoms. The van der Waals surface area contributed by atoms with Crippen LogP contribution in [0.2, 0.25) is 0 Å². The Bertz CT molecular complexity index is 258. The zero-order chi connectivity index (χ0) is 10.6. The Morgan fingerprint density at radius 1 is 1.29 bits per heavy atom. The van der Waals surface area contributed by atoms with E-state index >= 15 is 0 Å². The first-order chi connectivity index (χ1) is 6.69. The number of quaternary nitrogens is 1. The number of benzene rings is 1. The maximum absolute atomic E-state index is 2.27. The highest BCUT2D eigenvalue weighted by molar-refractivity contribution is 5.52. The minimum Gasteiger partial charge on any atom is -0.375 e. The van der Waals surface area contributed by atoms with E-state index in [9.17, 15) is 0 Å². The predicted molar refractivity (Wildman–Crippen MR) is 62.5 cm³/mol. The molecule has 1 unspecified atom stereocenters. The summed E-state index contributed by atoms with van der Waals surface area (Å²) in [7, 11) is 4.32. The Labute approximate surface area is 87.1 Å². The molecule has 0 amide bonds. The Morgan fingerprint density at radius 2 is 2.00 bits per heavy atom. The van der Waals surface area contributed by atoms with Crippen molar-refractivity contribution in [2.45, 2.75) is 13.8 Å². The molecule has 1 aromatic rings. The van der Waals surface area contributed by atoms with E-state index in [-0.39, 0.29) is 0 Å². The lowest BCUT2D eigenvalue weighted by molar-refractivity contribution is -0.807. The van der Waals surface area contributed by atoms with Gasteiger partial charge in [0.2, 0.25) is 0 Å². The third-order valence-electron chi connectivity index (χ3n) is 2.78. The van der Waals surface area contributed by atoms with Crippen molar-refractivity contribution < 1.29 is 4.90 Å². The third-order valence-corrected chi connectivity index (χ3v) is 2.78. The molecule has 2 nitrogen and oxygen atoms in total. The standard InChI is InChI=1S/C12H20N2/c1-5-13(3)11-8-7-9-12(10-11)14(4)6-2/h7-10H,5-6H2,1-4H3/p+1. The summed E-state index contributed by atoms with van der Waals surface area (Å²) in [5.41, 5.74) is 2.67. The summed E-state index contributed by atoms with van der Waals surface area (Å²) >= 11 is 0. The van der Waals surface area contributed by atoms with Gasteiger partial charge in [-0.25, -0.2) is 0 Å². The maximum Gasteiger partial charge on any atom is 0.133 e. The molecule has 0 saturated carbocycles. The van der Waals surface area contributed by atoms with Crippen molar-refractivity contribution in [2.24, 2.45) is 0 Å². The van der Waals surface area contributed by atoms with Gasteiger partial charge in [-0.1, -0.05) is 6.07 Å². The van der Waals surface area contributed by atoms with Gasteiger partial charge in [0, 0.05) is 25.3 Å². The van der Waals surface area contributed by atoms with Crippen LogP contribution in [0.4, 0.5) is 11.4 Å². The number of rotatable bonds is 4. The lowest BCUT2D eigenvalue weighted by atomic mass is 10.2. The lowest BCUT2D eigenvalue weighted by Gasteiger charge is -2.18. The highest BCUT2D eigenvalue weighted by atomic mass is 15.1. The summed E-state index contributed by atoms with van der Waals surface area (Å²) in [6.45, 7) is 6.54. The molecule has 0 aromatic heterocycles. The molecule has 0 saturated heterocycles. The van der Waals surface area contributed by atoms with Crippen LogP contribution < -0.4 is 9.80 Å². The average molecular weight is 193 g/mol. The Kier molecular flexibility index (Phi) is 3.96. The van der Waals surface area contributed by atoms with Gasteiger partial charge in [-0.2, -0.15) is 0 Å². The first-order valence-corrected chi connectivity index (χ1v) is 5.33. The molecule has 1 atom stereocenters. The summed E-state index contributed by atoms with van der Waals surface area (Å²) in [6, 6.07) is 8.75. The fourth-order valence-corrected chi connectivity index (χ4v) is 1.40. The van der Waals surface area contributed by atoms with Crippen molar-refractivity contribution in [3.05, 3.63) is 24.3 Å². The molecule has 2 heteroatoms. The van der Waals surface area contributed by atoms with Gasteiger partial charge in [0.05, 0.1) is 13.6 Å². The Morgan fingerprint density at radius 3 is 2.57 bits per heavy atom. The molecular formula is C12H21N2+. The third kappa shape index (κ3) is 2.48. The summed E-state index contributed by atoms with van der Waals surface area (Å²) in [5, 5.41) is 0. The predicted octanol–water partition coefficient (Wildman–Crippen LogP) is 1.31. The van der Waals surface area contributed by atoms with E-state index < -0.39 is 0 Å². The topological polar surface area (TPSA) is 7.68 Å². The van der Waals surface area contributed by atoms with Crippen LogP contribution in [-0.4, -0.2) is 27.2 Å². The molecule has 0 bridgehead atoms. The quantitative estimate of drug-likeness (QED) is 0.757. The highest BCUT2D eigenvalue weighted by Crippen LogP contribution is 2.15. The molecule has 1 aromatic carbocycles. The van der Waals surface area contributed by atoms with Crippen LogP contribution in [0.3, 0.4) is 0 Å². The fraction of sp³-hybridized carbons (Fsp3) is 0.500. The minimum absolute atomic E-state index is 1.05. The van der Waals surface area contributed by atoms with E-state index in [1.807, 2.05) is 0 Å². The average Bonchev–Trinajstić information content (AvgIpc) is 2.27. The van der Waals surface area contributed by atoms with Crippen LogP contribution in [0.5, 0.6) is 0 Å². The van der Waals surface area contributed by atoms with Crippen molar-refractivity contribution in [3.8, 4) is 0 Å². The first-order valence-electron chi connectivity index (χ1n) is 5.33. The fourth-order valence-electron chi connectivity index (χ4n) is 1.40. The second kappa shape index (κ2) is 5.01. The second-order valence-corrected chi connectivity index (χ2v) is 3.70. The molecule has 1 rings (SSSR count). The Balaban J connectivity index is 2.89. The molecule has 0 radical (unpaired) electrons. The normalized spacial score (nSPS) is 12.6. The van der Waals surface area contributed by atoms with Crippen molar-refractivity contribution in [1.82, 2.24) is 0 Å². The van der Waals surface area contributed by atoms with Crippen LogP contribution in [0.15, 0.2) is 24.3 Å². The van der Waals surface area contributed by atoms with Gasteiger partial charge >= 0.3 is 0 Å². The number of hydrogen-bond donors (Lipinski definition) is 1. The van der Waals surface area contributed by atoms with E-state index in [1.165, 1.54) is 16.3 Å². The number of nitrogens with one attached hydrogen (secondary N) is 1. The van der Waals surface area contributed by atoms with E-state index in [2.05, 4.69) is 57.1 Å². The molecule has 0 heterocycles. The highest BCUT2D eigenvalue weighted by Gasteiger charge is 2.05. The van der Waals surface area contributed by atoms with Crippen molar-refractivity contribution in [2.75, 3.05) is 32.1 Å². The molecule has 78 valence electrons. The molecule has 1 N–H and O–H groups in total. The largest absolute Gasteiger partial charge is 0.375 e. The summed E-state index contributed by atoms with van der Waals surface area (Å²) in [6.07, 6.45) is 0. The zero-order valence-electron chi connectivity index (χ0n) is 9.67. The second-order valence-electron chi connectivity index (χ2n) is 3.70. The van der Waals surface area contributed by atoms with Crippen molar-refractivity contribution >= 4 is 11.4 Å². The maximum atomic E-state index is 2.27. The van der Waals surface area contributed by atoms with Gasteiger partial charge in [-0.15, -0.1) is 0 Å². The number of hydrogen-bond acceptors (Lipinski definition) is 1. The van der Waals surface area contributed by atoms with E-state index in [1.54, 1.807) is 0 Å². The van der Waals surface area contributed by atoms with Crippen LogP contribution in [-0.2, 0) is 0 Å². The van der Waals surface area contributed by atoms with Crippen molar-refractivity contribution in [3.63, 3.8) is 0 Å². The van der Waals surface area contributed by atoms with Gasteiger partial charge in [-0.05, 0) is 26.0 Å². The molecule has 14 heavy (non-hydrogen) atoms. The van der Waals surface area contributed by atoms with Crippen LogP contribution in [0.25, 0.3) is 0 Å². The first kappa shape index (κ1) is 11.1. The monoisotopic (exact) mass is 193 g/mol. The van der Waals surface area contributed by atoms with Gasteiger partial charge in [0.25, 0.3) is 0 Å². The van der Waals surface area contributed by atoms with Gasteiger partial charge in [0.1, 0.15) is 5.69 Å².